The van der Waals surface area contributed by atoms with E-state index in [1.54, 1.807) is 6.92 Å². The van der Waals surface area contributed by atoms with E-state index in [1.807, 2.05) is 49.4 Å². The zero-order valence-electron chi connectivity index (χ0n) is 22.5. The van der Waals surface area contributed by atoms with Gasteiger partial charge in [0, 0.05) is 44.5 Å². The summed E-state index contributed by atoms with van der Waals surface area (Å²) in [6.45, 7) is 5.51. The van der Waals surface area contributed by atoms with Gasteiger partial charge in [0.05, 0.1) is 17.7 Å². The second kappa shape index (κ2) is 13.5. The number of carbonyl (C=O) groups is 3. The van der Waals surface area contributed by atoms with Crippen LogP contribution in [0.25, 0.3) is 11.0 Å². The summed E-state index contributed by atoms with van der Waals surface area (Å²) >= 11 is 0. The fourth-order valence-electron chi connectivity index (χ4n) is 4.07. The molecular formula is C29H33N7O4. The number of anilines is 1. The molecule has 0 radical (unpaired) electrons. The van der Waals surface area contributed by atoms with Crippen molar-refractivity contribution in [1.82, 2.24) is 30.9 Å². The minimum absolute atomic E-state index is 0.0833. The van der Waals surface area contributed by atoms with Crippen molar-refractivity contribution in [2.75, 3.05) is 18.5 Å². The number of amides is 3. The molecule has 0 saturated carbocycles. The first-order valence-corrected chi connectivity index (χ1v) is 13.1. The summed E-state index contributed by atoms with van der Waals surface area (Å²) in [5.41, 5.74) is 5.61. The fourth-order valence-corrected chi connectivity index (χ4v) is 4.07. The molecule has 11 heteroatoms. The number of hydrogen-bond acceptors (Lipinski definition) is 7. The van der Waals surface area contributed by atoms with Gasteiger partial charge in [0.25, 0.3) is 11.8 Å². The van der Waals surface area contributed by atoms with Crippen LogP contribution in [0.3, 0.4) is 0 Å². The van der Waals surface area contributed by atoms with Gasteiger partial charge < -0.3 is 31.4 Å². The van der Waals surface area contributed by atoms with Gasteiger partial charge in [-0.3, -0.25) is 14.4 Å². The van der Waals surface area contributed by atoms with Gasteiger partial charge in [-0.05, 0) is 35.2 Å². The summed E-state index contributed by atoms with van der Waals surface area (Å²) in [6.07, 6.45) is 3.15. The normalized spacial score (nSPS) is 10.9. The summed E-state index contributed by atoms with van der Waals surface area (Å²) in [4.78, 5) is 49.1. The molecule has 0 saturated heterocycles. The molecule has 3 amide bonds. The molecule has 2 aromatic heterocycles. The highest BCUT2D eigenvalue weighted by Crippen LogP contribution is 2.20. The Kier molecular flexibility index (Phi) is 9.55. The molecule has 0 aliphatic rings. The lowest BCUT2D eigenvalue weighted by Gasteiger charge is -2.11. The third kappa shape index (κ3) is 7.07. The third-order valence-corrected chi connectivity index (χ3v) is 6.37. The molecule has 6 N–H and O–H groups in total. The molecule has 0 atom stereocenters. The number of nitrogens with zero attached hydrogens (tertiary/aromatic N) is 2. The van der Waals surface area contributed by atoms with Crippen molar-refractivity contribution in [3.63, 3.8) is 0 Å². The second-order valence-corrected chi connectivity index (χ2v) is 9.28. The van der Waals surface area contributed by atoms with Gasteiger partial charge in [0.15, 0.2) is 5.69 Å². The first-order valence-electron chi connectivity index (χ1n) is 13.1. The molecule has 0 bridgehead atoms. The van der Waals surface area contributed by atoms with Crippen LogP contribution in [0, 0.1) is 6.92 Å². The summed E-state index contributed by atoms with van der Waals surface area (Å²) < 4.78 is 0. The van der Waals surface area contributed by atoms with Gasteiger partial charge in [-0.15, -0.1) is 0 Å². The van der Waals surface area contributed by atoms with Crippen molar-refractivity contribution < 1.29 is 19.5 Å². The molecule has 11 nitrogen and oxygen atoms in total. The van der Waals surface area contributed by atoms with Crippen molar-refractivity contribution in [2.24, 2.45) is 0 Å². The molecule has 0 fully saturated rings. The fraction of sp³-hybridized carbons (Fsp3) is 0.276. The Morgan fingerprint density at radius 2 is 1.57 bits per heavy atom. The van der Waals surface area contributed by atoms with Crippen LogP contribution in [-0.4, -0.2) is 50.9 Å². The van der Waals surface area contributed by atoms with Gasteiger partial charge in [0.2, 0.25) is 5.91 Å². The molecule has 4 aromatic rings. The van der Waals surface area contributed by atoms with Gasteiger partial charge in [-0.25, -0.2) is 9.97 Å². The first kappa shape index (κ1) is 28.4. The van der Waals surface area contributed by atoms with E-state index in [4.69, 9.17) is 5.11 Å². The maximum Gasteiger partial charge on any atom is 0.272 e. The number of aliphatic hydroxyl groups excluding tert-OH is 1. The molecular weight excluding hydrogens is 510 g/mol. The molecule has 208 valence electrons. The van der Waals surface area contributed by atoms with Crippen molar-refractivity contribution in [2.45, 2.75) is 39.9 Å². The number of aromatic nitrogens is 3. The number of H-pyrrole nitrogens is 1. The van der Waals surface area contributed by atoms with E-state index in [2.05, 4.69) is 36.2 Å². The zero-order valence-corrected chi connectivity index (χ0v) is 22.5. The van der Waals surface area contributed by atoms with Crippen LogP contribution < -0.4 is 21.3 Å². The number of aryl methyl sites for hydroxylation is 1. The summed E-state index contributed by atoms with van der Waals surface area (Å²) in [5.74, 6) is -0.833. The molecule has 0 aliphatic heterocycles. The lowest BCUT2D eigenvalue weighted by atomic mass is 10.1. The highest BCUT2D eigenvalue weighted by molar-refractivity contribution is 6.10. The SMILES string of the molecule is CCC(=O)Nc1cc(CNC(=O)c2ncnc3c(C(=O)NCc4ccc(CNCCO)cc4)c[nH]c23)ccc1C. The van der Waals surface area contributed by atoms with E-state index in [0.717, 1.165) is 22.3 Å². The van der Waals surface area contributed by atoms with E-state index >= 15 is 0 Å². The van der Waals surface area contributed by atoms with E-state index in [-0.39, 0.29) is 30.7 Å². The maximum atomic E-state index is 13.0. The molecule has 2 heterocycles. The summed E-state index contributed by atoms with van der Waals surface area (Å²) in [5, 5.41) is 20.6. The van der Waals surface area contributed by atoms with Crippen LogP contribution in [0.5, 0.6) is 0 Å². The largest absolute Gasteiger partial charge is 0.395 e. The number of aromatic amines is 1. The molecule has 0 spiro atoms. The first-order chi connectivity index (χ1) is 19.4. The van der Waals surface area contributed by atoms with Crippen molar-refractivity contribution in [3.8, 4) is 0 Å². The van der Waals surface area contributed by atoms with Crippen LogP contribution >= 0.6 is 0 Å². The summed E-state index contributed by atoms with van der Waals surface area (Å²) in [7, 11) is 0. The highest BCUT2D eigenvalue weighted by atomic mass is 16.3. The molecule has 4 rings (SSSR count). The van der Waals surface area contributed by atoms with Crippen LogP contribution in [0.2, 0.25) is 0 Å². The second-order valence-electron chi connectivity index (χ2n) is 9.28. The highest BCUT2D eigenvalue weighted by Gasteiger charge is 2.19. The Morgan fingerprint density at radius 1 is 0.900 bits per heavy atom. The van der Waals surface area contributed by atoms with E-state index in [0.29, 0.717) is 48.3 Å². The van der Waals surface area contributed by atoms with Crippen molar-refractivity contribution in [1.29, 1.82) is 0 Å². The Labute approximate surface area is 231 Å². The van der Waals surface area contributed by atoms with Gasteiger partial charge in [0.1, 0.15) is 11.8 Å². The zero-order chi connectivity index (χ0) is 28.5. The van der Waals surface area contributed by atoms with Crippen LogP contribution in [0.15, 0.2) is 55.0 Å². The lowest BCUT2D eigenvalue weighted by Crippen LogP contribution is -2.25. The number of hydrogen-bond donors (Lipinski definition) is 6. The van der Waals surface area contributed by atoms with Crippen molar-refractivity contribution >= 4 is 34.4 Å². The quantitative estimate of drug-likeness (QED) is 0.150. The average molecular weight is 544 g/mol. The van der Waals surface area contributed by atoms with E-state index < -0.39 is 5.91 Å². The average Bonchev–Trinajstić information content (AvgIpc) is 3.41. The molecule has 2 aromatic carbocycles. The predicted molar refractivity (Wildman–Crippen MR) is 152 cm³/mol. The van der Waals surface area contributed by atoms with Gasteiger partial charge in [-0.2, -0.15) is 0 Å². The van der Waals surface area contributed by atoms with Crippen LogP contribution in [0.4, 0.5) is 5.69 Å². The number of fused-ring (bicyclic) bond motifs is 1. The Bertz CT molecular complexity index is 1500. The van der Waals surface area contributed by atoms with Gasteiger partial charge >= 0.3 is 0 Å². The number of benzene rings is 2. The number of carbonyl (C=O) groups excluding carboxylic acids is 3. The minimum atomic E-state index is -0.422. The third-order valence-electron chi connectivity index (χ3n) is 6.37. The lowest BCUT2D eigenvalue weighted by molar-refractivity contribution is -0.115. The van der Waals surface area contributed by atoms with Crippen LogP contribution in [0.1, 0.15) is 56.4 Å². The number of rotatable bonds is 12. The topological polar surface area (TPSA) is 161 Å². The molecule has 40 heavy (non-hydrogen) atoms. The van der Waals surface area contributed by atoms with E-state index in [9.17, 15) is 14.4 Å². The number of nitrogens with one attached hydrogen (secondary N) is 5. The molecule has 0 unspecified atom stereocenters. The monoisotopic (exact) mass is 543 g/mol. The number of aliphatic hydroxyl groups is 1. The standard InChI is InChI=1S/C29H33N7O4/c1-3-24(38)36-23-12-21(5-4-18(23)2)15-33-29(40)27-26-25(34-17-35-27)22(16-31-26)28(39)32-14-20-8-6-19(7-9-20)13-30-10-11-37/h4-9,12,16-17,30-31,37H,3,10-11,13-15H2,1-2H3,(H,32,39)(H,33,40)(H,36,38). The summed E-state index contributed by atoms with van der Waals surface area (Å²) in [6, 6.07) is 13.4. The smallest absolute Gasteiger partial charge is 0.272 e. The predicted octanol–water partition coefficient (Wildman–Crippen LogP) is 2.56. The van der Waals surface area contributed by atoms with Gasteiger partial charge in [-0.1, -0.05) is 43.3 Å². The molecule has 0 aliphatic carbocycles. The minimum Gasteiger partial charge on any atom is -0.395 e. The Hall–Kier alpha value is -4.61. The Balaban J connectivity index is 1.39. The maximum absolute atomic E-state index is 13.0. The van der Waals surface area contributed by atoms with E-state index in [1.165, 1.54) is 12.5 Å². The van der Waals surface area contributed by atoms with Crippen LogP contribution in [-0.2, 0) is 24.4 Å². The Morgan fingerprint density at radius 3 is 2.30 bits per heavy atom. The van der Waals surface area contributed by atoms with Crippen molar-refractivity contribution in [3.05, 3.63) is 88.5 Å².